The van der Waals surface area contributed by atoms with Crippen molar-refractivity contribution in [3.8, 4) is 0 Å². The molecular formula is C22H29F5N4. The van der Waals surface area contributed by atoms with Gasteiger partial charge in [-0.1, -0.05) is 12.2 Å². The molecule has 1 aromatic heterocycles. The number of piperidine rings is 2. The lowest BCUT2D eigenvalue weighted by molar-refractivity contribution is -0.210. The highest BCUT2D eigenvalue weighted by Crippen LogP contribution is 2.44. The molecular weight excluding hydrogens is 415 g/mol. The minimum atomic E-state index is -4.97. The molecule has 1 N–H and O–H groups in total. The molecule has 3 heterocycles. The Kier molecular flexibility index (Phi) is 6.53. The summed E-state index contributed by atoms with van der Waals surface area (Å²) in [4.78, 5) is 6.77. The first-order valence-corrected chi connectivity index (χ1v) is 11.0. The third-order valence-corrected chi connectivity index (χ3v) is 6.52. The summed E-state index contributed by atoms with van der Waals surface area (Å²) in [6, 6.07) is 0. The largest absolute Gasteiger partial charge is 0.426 e. The van der Waals surface area contributed by atoms with E-state index in [9.17, 15) is 22.0 Å². The van der Waals surface area contributed by atoms with Crippen molar-refractivity contribution in [1.82, 2.24) is 19.8 Å². The second-order valence-electron chi connectivity index (χ2n) is 8.83. The summed E-state index contributed by atoms with van der Waals surface area (Å²) < 4.78 is 70.0. The fraction of sp³-hybridized carbons (Fsp3) is 0.682. The second-order valence-corrected chi connectivity index (χ2v) is 8.83. The van der Waals surface area contributed by atoms with Crippen LogP contribution in [0.4, 0.5) is 22.0 Å². The molecule has 0 bridgehead atoms. The monoisotopic (exact) mass is 444 g/mol. The van der Waals surface area contributed by atoms with E-state index in [1.54, 1.807) is 6.20 Å². The lowest BCUT2D eigenvalue weighted by Crippen LogP contribution is -2.40. The van der Waals surface area contributed by atoms with Gasteiger partial charge < -0.3 is 9.88 Å². The Bertz CT molecular complexity index is 824. The maximum absolute atomic E-state index is 14.6. The van der Waals surface area contributed by atoms with Gasteiger partial charge in [-0.05, 0) is 57.0 Å². The number of aromatic nitrogens is 2. The highest BCUT2D eigenvalue weighted by molar-refractivity contribution is 5.67. The summed E-state index contributed by atoms with van der Waals surface area (Å²) >= 11 is 0. The lowest BCUT2D eigenvalue weighted by atomic mass is 9.89. The predicted octanol–water partition coefficient (Wildman–Crippen LogP) is 4.40. The Hall–Kier alpha value is -1.74. The van der Waals surface area contributed by atoms with E-state index < -0.39 is 24.4 Å². The number of alkyl halides is 5. The van der Waals surface area contributed by atoms with E-state index in [2.05, 4.69) is 10.2 Å². The summed E-state index contributed by atoms with van der Waals surface area (Å²) in [6.45, 7) is 4.21. The molecule has 1 aliphatic carbocycles. The summed E-state index contributed by atoms with van der Waals surface area (Å²) in [6.07, 6.45) is 1.61. The summed E-state index contributed by atoms with van der Waals surface area (Å²) in [7, 11) is 0. The molecule has 2 aliphatic heterocycles. The molecule has 2 saturated heterocycles. The van der Waals surface area contributed by atoms with Crippen LogP contribution in [0, 0.1) is 0 Å². The van der Waals surface area contributed by atoms with E-state index in [1.165, 1.54) is 6.08 Å². The topological polar surface area (TPSA) is 33.1 Å². The summed E-state index contributed by atoms with van der Waals surface area (Å²) in [5, 5.41) is 3.31. The molecule has 4 rings (SSSR count). The van der Waals surface area contributed by atoms with Crippen molar-refractivity contribution < 1.29 is 22.0 Å². The van der Waals surface area contributed by atoms with Gasteiger partial charge in [-0.2, -0.15) is 13.2 Å². The van der Waals surface area contributed by atoms with Gasteiger partial charge in [-0.15, -0.1) is 0 Å². The Morgan fingerprint density at radius 3 is 2.65 bits per heavy atom. The number of nitrogens with one attached hydrogen (secondary N) is 1. The molecule has 4 nitrogen and oxygen atoms in total. The number of hydrogen-bond donors (Lipinski definition) is 1. The molecule has 31 heavy (non-hydrogen) atoms. The smallest absolute Gasteiger partial charge is 0.333 e. The summed E-state index contributed by atoms with van der Waals surface area (Å²) in [5.41, 5.74) is -2.73. The molecule has 1 aromatic rings. The van der Waals surface area contributed by atoms with Crippen LogP contribution in [0.1, 0.15) is 49.5 Å². The van der Waals surface area contributed by atoms with Gasteiger partial charge in [0.1, 0.15) is 12.0 Å². The molecule has 3 aliphatic rings. The zero-order valence-electron chi connectivity index (χ0n) is 17.5. The predicted molar refractivity (Wildman–Crippen MR) is 109 cm³/mol. The van der Waals surface area contributed by atoms with Crippen molar-refractivity contribution in [1.29, 1.82) is 0 Å². The first kappa shape index (κ1) is 22.5. The molecule has 2 fully saturated rings. The standard InChI is InChI=1S/C22H29F5N4/c23-18-4-2-10-30(14-18)11-12-31-15-19(29-20(31)16-5-8-28-9-6-16)17-3-1-7-21(24,13-17)22(25,26)27/h1,3,7,15-16,18,28H,2,4-6,8-14H2. The van der Waals surface area contributed by atoms with Crippen molar-refractivity contribution in [3.63, 3.8) is 0 Å². The lowest BCUT2D eigenvalue weighted by Gasteiger charge is -2.29. The van der Waals surface area contributed by atoms with Gasteiger partial charge in [-0.3, -0.25) is 4.90 Å². The molecule has 9 heteroatoms. The van der Waals surface area contributed by atoms with Crippen LogP contribution in [-0.2, 0) is 6.54 Å². The van der Waals surface area contributed by atoms with Crippen LogP contribution in [0.25, 0.3) is 5.57 Å². The second kappa shape index (κ2) is 9.02. The van der Waals surface area contributed by atoms with E-state index >= 15 is 0 Å². The zero-order chi connectivity index (χ0) is 22.1. The fourth-order valence-corrected chi connectivity index (χ4v) is 4.70. The van der Waals surface area contributed by atoms with Crippen LogP contribution in [0.15, 0.2) is 24.4 Å². The Morgan fingerprint density at radius 2 is 1.94 bits per heavy atom. The Balaban J connectivity index is 1.56. The maximum atomic E-state index is 14.6. The fourth-order valence-electron chi connectivity index (χ4n) is 4.70. The van der Waals surface area contributed by atoms with E-state index in [1.807, 2.05) is 4.57 Å². The number of hydrogen-bond acceptors (Lipinski definition) is 3. The van der Waals surface area contributed by atoms with Crippen LogP contribution in [0.5, 0.6) is 0 Å². The number of nitrogens with zero attached hydrogens (tertiary/aromatic N) is 3. The number of halogens is 5. The normalized spacial score (nSPS) is 28.7. The van der Waals surface area contributed by atoms with E-state index in [-0.39, 0.29) is 11.5 Å². The van der Waals surface area contributed by atoms with Crippen LogP contribution in [-0.4, -0.2) is 65.2 Å². The van der Waals surface area contributed by atoms with Crippen molar-refractivity contribution in [2.24, 2.45) is 0 Å². The van der Waals surface area contributed by atoms with Gasteiger partial charge in [0.15, 0.2) is 0 Å². The van der Waals surface area contributed by atoms with Gasteiger partial charge in [0.25, 0.3) is 0 Å². The highest BCUT2D eigenvalue weighted by atomic mass is 19.4. The molecule has 0 amide bonds. The SMILES string of the molecule is FC1CCCN(CCn2cc(C3=CC=CC(F)(C(F)(F)F)C3)nc2C2CCNCC2)C1. The molecule has 0 spiro atoms. The van der Waals surface area contributed by atoms with E-state index in [0.29, 0.717) is 37.8 Å². The average molecular weight is 444 g/mol. The number of allylic oxidation sites excluding steroid dienone is 4. The van der Waals surface area contributed by atoms with Crippen molar-refractivity contribution >= 4 is 5.57 Å². The Labute approximate surface area is 179 Å². The molecule has 2 atom stereocenters. The Morgan fingerprint density at radius 1 is 1.16 bits per heavy atom. The first-order chi connectivity index (χ1) is 14.7. The highest BCUT2D eigenvalue weighted by Gasteiger charge is 2.55. The third kappa shape index (κ3) is 5.03. The zero-order valence-corrected chi connectivity index (χ0v) is 17.5. The van der Waals surface area contributed by atoms with Crippen LogP contribution >= 0.6 is 0 Å². The van der Waals surface area contributed by atoms with Gasteiger partial charge in [0.05, 0.1) is 5.69 Å². The van der Waals surface area contributed by atoms with Crippen molar-refractivity contribution in [2.45, 2.75) is 62.6 Å². The van der Waals surface area contributed by atoms with Crippen molar-refractivity contribution in [2.75, 3.05) is 32.7 Å². The number of rotatable bonds is 5. The first-order valence-electron chi connectivity index (χ1n) is 11.0. The number of likely N-dealkylation sites (tertiary alicyclic amines) is 1. The van der Waals surface area contributed by atoms with E-state index in [0.717, 1.165) is 50.8 Å². The maximum Gasteiger partial charge on any atom is 0.426 e. The number of imidazole rings is 1. The minimum Gasteiger partial charge on any atom is -0.333 e. The van der Waals surface area contributed by atoms with Crippen LogP contribution in [0.3, 0.4) is 0 Å². The van der Waals surface area contributed by atoms with E-state index in [4.69, 9.17) is 4.98 Å². The van der Waals surface area contributed by atoms with Gasteiger partial charge >= 0.3 is 6.18 Å². The van der Waals surface area contributed by atoms with Gasteiger partial charge in [-0.25, -0.2) is 13.8 Å². The van der Waals surface area contributed by atoms with Gasteiger partial charge in [0.2, 0.25) is 5.67 Å². The minimum absolute atomic E-state index is 0.197. The van der Waals surface area contributed by atoms with Crippen molar-refractivity contribution in [3.05, 3.63) is 35.9 Å². The van der Waals surface area contributed by atoms with Gasteiger partial charge in [0, 0.05) is 38.2 Å². The molecule has 0 saturated carbocycles. The molecule has 2 unspecified atom stereocenters. The summed E-state index contributed by atoms with van der Waals surface area (Å²) in [5.74, 6) is 1.03. The van der Waals surface area contributed by atoms with Crippen LogP contribution in [0.2, 0.25) is 0 Å². The van der Waals surface area contributed by atoms with Crippen LogP contribution < -0.4 is 5.32 Å². The third-order valence-electron chi connectivity index (χ3n) is 6.52. The average Bonchev–Trinajstić information content (AvgIpc) is 3.17. The molecule has 0 aromatic carbocycles. The molecule has 172 valence electrons. The quantitative estimate of drug-likeness (QED) is 0.684. The molecule has 0 radical (unpaired) electrons.